The number of anilines is 1. The quantitative estimate of drug-likeness (QED) is 0.793. The second-order valence-corrected chi connectivity index (χ2v) is 8.26. The minimum Gasteiger partial charge on any atom is -0.444 e. The normalized spacial score (nSPS) is 20.8. The van der Waals surface area contributed by atoms with E-state index in [1.165, 1.54) is 4.90 Å². The average Bonchev–Trinajstić information content (AvgIpc) is 3.23. The van der Waals surface area contributed by atoms with Crippen LogP contribution >= 0.6 is 0 Å². The number of hydrogen-bond donors (Lipinski definition) is 1. The molecule has 1 unspecified atom stereocenters. The van der Waals surface area contributed by atoms with E-state index in [4.69, 9.17) is 10.5 Å². The Bertz CT molecular complexity index is 1030. The molecule has 4 rings (SSSR count). The summed E-state index contributed by atoms with van der Waals surface area (Å²) < 4.78 is 47.7. The zero-order chi connectivity index (χ0) is 22.0. The van der Waals surface area contributed by atoms with E-state index in [0.29, 0.717) is 18.4 Å². The van der Waals surface area contributed by atoms with Crippen LogP contribution in [0, 0.1) is 18.8 Å². The zero-order valence-electron chi connectivity index (χ0n) is 16.7. The summed E-state index contributed by atoms with van der Waals surface area (Å²) in [5, 5.41) is 4.26. The van der Waals surface area contributed by atoms with Gasteiger partial charge < -0.3 is 10.5 Å². The van der Waals surface area contributed by atoms with Gasteiger partial charge in [-0.15, -0.1) is 5.10 Å². The van der Waals surface area contributed by atoms with Crippen molar-refractivity contribution in [1.82, 2.24) is 14.6 Å². The number of rotatable bonds is 5. The Morgan fingerprint density at radius 3 is 2.50 bits per heavy atom. The molecule has 0 spiro atoms. The highest BCUT2D eigenvalue weighted by Crippen LogP contribution is 2.51. The van der Waals surface area contributed by atoms with E-state index >= 15 is 0 Å². The number of halogens is 3. The number of aromatic nitrogens is 3. The fourth-order valence-corrected chi connectivity index (χ4v) is 3.84. The van der Waals surface area contributed by atoms with Gasteiger partial charge in [-0.3, -0.25) is 9.69 Å². The smallest absolute Gasteiger partial charge is 0.416 e. The summed E-state index contributed by atoms with van der Waals surface area (Å²) in [6, 6.07) is 1.54. The number of ether oxygens (including phenoxy) is 1. The van der Waals surface area contributed by atoms with Crippen LogP contribution in [-0.4, -0.2) is 45.4 Å². The average molecular weight is 425 g/mol. The summed E-state index contributed by atoms with van der Waals surface area (Å²) in [5.41, 5.74) is 5.21. The Kier molecular flexibility index (Phi) is 4.66. The Morgan fingerprint density at radius 2 is 2.00 bits per heavy atom. The van der Waals surface area contributed by atoms with E-state index in [9.17, 15) is 22.8 Å². The molecule has 1 saturated carbocycles. The first-order valence-electron chi connectivity index (χ1n) is 9.74. The van der Waals surface area contributed by atoms with Gasteiger partial charge in [0.25, 0.3) is 5.91 Å². The van der Waals surface area contributed by atoms with Crippen molar-refractivity contribution in [3.63, 3.8) is 0 Å². The first-order chi connectivity index (χ1) is 14.0. The minimum atomic E-state index is -4.57. The molecule has 30 heavy (non-hydrogen) atoms. The molecule has 0 radical (unpaired) electrons. The Labute approximate surface area is 170 Å². The van der Waals surface area contributed by atoms with Crippen LogP contribution in [0.4, 0.5) is 23.8 Å². The molecule has 0 bridgehead atoms. The van der Waals surface area contributed by atoms with Crippen molar-refractivity contribution in [2.75, 3.05) is 11.4 Å². The molecule has 1 aliphatic carbocycles. The van der Waals surface area contributed by atoms with Gasteiger partial charge >= 0.3 is 12.3 Å². The predicted octanol–water partition coefficient (Wildman–Crippen LogP) is 3.17. The third-order valence-electron chi connectivity index (χ3n) is 5.61. The van der Waals surface area contributed by atoms with Crippen molar-refractivity contribution in [3.05, 3.63) is 23.0 Å². The van der Waals surface area contributed by atoms with Crippen molar-refractivity contribution >= 4 is 23.5 Å². The molecule has 11 heteroatoms. The fourth-order valence-electron chi connectivity index (χ4n) is 3.84. The third kappa shape index (κ3) is 3.35. The van der Waals surface area contributed by atoms with Crippen LogP contribution in [0.15, 0.2) is 6.07 Å². The number of carbonyl (C=O) groups is 2. The zero-order valence-corrected chi connectivity index (χ0v) is 16.7. The standard InChI is InChI=1S/C19H22F3N5O3/c1-8(2)11-7-26(18(29)30-11)12-6-9(3)17-24-14(15(16(23)28)27(17)25-12)13(10-4-5-10)19(20,21)22/h6,8,10-11,13H,4-5,7H2,1-3H3,(H2,23,28)/t11?,13-/m0/s1. The van der Waals surface area contributed by atoms with Gasteiger partial charge in [0.1, 0.15) is 12.0 Å². The number of nitrogens with two attached hydrogens (primary N) is 1. The lowest BCUT2D eigenvalue weighted by molar-refractivity contribution is -0.155. The first-order valence-corrected chi connectivity index (χ1v) is 9.74. The van der Waals surface area contributed by atoms with Crippen LogP contribution in [0.3, 0.4) is 0 Å². The molecule has 2 N–H and O–H groups in total. The maximum absolute atomic E-state index is 13.8. The summed E-state index contributed by atoms with van der Waals surface area (Å²) >= 11 is 0. The number of primary amides is 1. The summed E-state index contributed by atoms with van der Waals surface area (Å²) in [5.74, 6) is -3.33. The van der Waals surface area contributed by atoms with Crippen LogP contribution in [0.5, 0.6) is 0 Å². The summed E-state index contributed by atoms with van der Waals surface area (Å²) in [6.45, 7) is 5.69. The molecule has 2 aliphatic rings. The van der Waals surface area contributed by atoms with Crippen LogP contribution < -0.4 is 10.6 Å². The molecule has 1 saturated heterocycles. The number of hydrogen-bond acceptors (Lipinski definition) is 5. The van der Waals surface area contributed by atoms with Gasteiger partial charge in [-0.2, -0.15) is 13.2 Å². The SMILES string of the molecule is Cc1cc(N2CC(C(C)C)OC2=O)nn2c(C(N)=O)c([C@H](C3CC3)C(F)(F)F)nc12. The Morgan fingerprint density at radius 1 is 1.33 bits per heavy atom. The van der Waals surface area contributed by atoms with E-state index in [0.717, 1.165) is 4.52 Å². The number of fused-ring (bicyclic) bond motifs is 1. The highest BCUT2D eigenvalue weighted by molar-refractivity contribution is 5.94. The lowest BCUT2D eigenvalue weighted by Crippen LogP contribution is -2.29. The molecule has 162 valence electrons. The number of aryl methyl sites for hydroxylation is 1. The van der Waals surface area contributed by atoms with E-state index in [1.807, 2.05) is 13.8 Å². The number of nitrogens with zero attached hydrogens (tertiary/aromatic N) is 4. The molecule has 2 amide bonds. The van der Waals surface area contributed by atoms with Gasteiger partial charge in [0.15, 0.2) is 17.2 Å². The molecule has 0 aromatic carbocycles. The van der Waals surface area contributed by atoms with E-state index in [1.54, 1.807) is 13.0 Å². The topological polar surface area (TPSA) is 103 Å². The third-order valence-corrected chi connectivity index (χ3v) is 5.61. The summed E-state index contributed by atoms with van der Waals surface area (Å²) in [6.07, 6.45) is -4.70. The lowest BCUT2D eigenvalue weighted by atomic mass is 9.97. The molecule has 2 aromatic rings. The van der Waals surface area contributed by atoms with Crippen molar-refractivity contribution in [2.45, 2.75) is 51.8 Å². The highest BCUT2D eigenvalue weighted by Gasteiger charge is 2.52. The maximum atomic E-state index is 13.8. The molecular weight excluding hydrogens is 403 g/mol. The first kappa shape index (κ1) is 20.4. The monoisotopic (exact) mass is 425 g/mol. The van der Waals surface area contributed by atoms with Crippen LogP contribution in [0.1, 0.15) is 54.4 Å². The van der Waals surface area contributed by atoms with Gasteiger partial charge in [0.2, 0.25) is 0 Å². The van der Waals surface area contributed by atoms with Gasteiger partial charge in [-0.25, -0.2) is 14.3 Å². The van der Waals surface area contributed by atoms with Crippen LogP contribution in [-0.2, 0) is 4.74 Å². The highest BCUT2D eigenvalue weighted by atomic mass is 19.4. The molecule has 2 fully saturated rings. The molecule has 2 atom stereocenters. The largest absolute Gasteiger partial charge is 0.444 e. The van der Waals surface area contributed by atoms with Gasteiger partial charge in [-0.05, 0) is 43.2 Å². The minimum absolute atomic E-state index is 0.0795. The van der Waals surface area contributed by atoms with Crippen molar-refractivity contribution in [3.8, 4) is 0 Å². The van der Waals surface area contributed by atoms with Gasteiger partial charge in [-0.1, -0.05) is 13.8 Å². The van der Waals surface area contributed by atoms with E-state index < -0.39 is 41.4 Å². The predicted molar refractivity (Wildman–Crippen MR) is 100 cm³/mol. The maximum Gasteiger partial charge on any atom is 0.416 e. The van der Waals surface area contributed by atoms with Crippen LogP contribution in [0.2, 0.25) is 0 Å². The lowest BCUT2D eigenvalue weighted by Gasteiger charge is -2.18. The van der Waals surface area contributed by atoms with E-state index in [-0.39, 0.29) is 30.0 Å². The number of amides is 2. The van der Waals surface area contributed by atoms with Crippen LogP contribution in [0.25, 0.3) is 5.65 Å². The summed E-state index contributed by atoms with van der Waals surface area (Å²) in [4.78, 5) is 29.9. The molecule has 3 heterocycles. The Balaban J connectivity index is 1.86. The van der Waals surface area contributed by atoms with E-state index in [2.05, 4.69) is 10.1 Å². The number of alkyl halides is 3. The second kappa shape index (κ2) is 6.85. The van der Waals surface area contributed by atoms with Crippen molar-refractivity contribution in [1.29, 1.82) is 0 Å². The second-order valence-electron chi connectivity index (χ2n) is 8.26. The molecular formula is C19H22F3N5O3. The molecule has 8 nitrogen and oxygen atoms in total. The Hall–Kier alpha value is -2.85. The number of cyclic esters (lactones) is 1. The number of imidazole rings is 1. The van der Waals surface area contributed by atoms with Gasteiger partial charge in [0.05, 0.1) is 12.2 Å². The van der Waals surface area contributed by atoms with Crippen molar-refractivity contribution < 1.29 is 27.5 Å². The summed E-state index contributed by atoms with van der Waals surface area (Å²) in [7, 11) is 0. The molecule has 1 aliphatic heterocycles. The van der Waals surface area contributed by atoms with Gasteiger partial charge in [0, 0.05) is 0 Å². The van der Waals surface area contributed by atoms with Crippen molar-refractivity contribution in [2.24, 2.45) is 17.6 Å². The molecule has 2 aromatic heterocycles. The fraction of sp³-hybridized carbons (Fsp3) is 0.579. The number of carbonyl (C=O) groups excluding carboxylic acids is 2.